The Hall–Kier alpha value is -3.52. The third-order valence-corrected chi connectivity index (χ3v) is 5.51. The maximum absolute atomic E-state index is 12.9. The van der Waals surface area contributed by atoms with Crippen molar-refractivity contribution >= 4 is 11.6 Å². The Morgan fingerprint density at radius 3 is 2.87 bits per heavy atom. The lowest BCUT2D eigenvalue weighted by molar-refractivity contribution is -0.125. The molecule has 5 rings (SSSR count). The number of anilines is 1. The predicted octanol–water partition coefficient (Wildman–Crippen LogP) is 2.94. The molecular weight excluding hydrogens is 396 g/mol. The predicted molar refractivity (Wildman–Crippen MR) is 116 cm³/mol. The number of fused-ring (bicyclic) bond motifs is 1. The molecule has 2 aliphatic heterocycles. The van der Waals surface area contributed by atoms with Crippen LogP contribution in [0.25, 0.3) is 11.1 Å². The summed E-state index contributed by atoms with van der Waals surface area (Å²) in [6.45, 7) is 1.99. The molecule has 2 aliphatic rings. The highest BCUT2D eigenvalue weighted by Crippen LogP contribution is 2.34. The zero-order chi connectivity index (χ0) is 21.2. The zero-order valence-electron chi connectivity index (χ0n) is 17.2. The molecule has 0 spiro atoms. The molecule has 3 heterocycles. The van der Waals surface area contributed by atoms with E-state index in [4.69, 9.17) is 14.2 Å². The number of aromatic nitrogens is 2. The number of rotatable bonds is 5. The van der Waals surface area contributed by atoms with Crippen LogP contribution in [-0.2, 0) is 4.79 Å². The van der Waals surface area contributed by atoms with Gasteiger partial charge in [0.15, 0.2) is 11.5 Å². The minimum absolute atomic E-state index is 0.0707. The van der Waals surface area contributed by atoms with Crippen molar-refractivity contribution in [1.82, 2.24) is 15.1 Å². The van der Waals surface area contributed by atoms with Crippen molar-refractivity contribution in [2.45, 2.75) is 18.6 Å². The van der Waals surface area contributed by atoms with Crippen LogP contribution in [-0.4, -0.2) is 60.0 Å². The van der Waals surface area contributed by atoms with Gasteiger partial charge >= 0.3 is 0 Å². The fourth-order valence-electron chi connectivity index (χ4n) is 3.84. The van der Waals surface area contributed by atoms with Crippen LogP contribution >= 0.6 is 0 Å². The lowest BCUT2D eigenvalue weighted by Gasteiger charge is -2.26. The van der Waals surface area contributed by atoms with Crippen molar-refractivity contribution in [3.8, 4) is 28.4 Å². The summed E-state index contributed by atoms with van der Waals surface area (Å²) in [6.07, 6.45) is 3.85. The molecular formula is C23H24N4O4. The summed E-state index contributed by atoms with van der Waals surface area (Å²) in [5, 5.41) is 9.81. The molecule has 8 nitrogen and oxygen atoms in total. The standard InChI is InChI=1S/C23H24N4O4/c1-27-9-8-17(13-27)30-21-10-15(16-11-24-25-12-16)6-7-18(21)26-23(28)22-14-29-19-4-2-3-5-20(19)31-22/h2-7,10-12,17,22H,8-9,13-14H2,1H3,(H,24,25)(H,26,28)/t17-,22+/m1/s1. The number of para-hydroxylation sites is 2. The minimum Gasteiger partial charge on any atom is -0.487 e. The Bertz CT molecular complexity index is 1070. The number of hydrogen-bond acceptors (Lipinski definition) is 6. The van der Waals surface area contributed by atoms with Crippen LogP contribution < -0.4 is 19.5 Å². The van der Waals surface area contributed by atoms with Crippen LogP contribution in [0.1, 0.15) is 6.42 Å². The zero-order valence-corrected chi connectivity index (χ0v) is 17.2. The first-order chi connectivity index (χ1) is 15.2. The molecule has 2 N–H and O–H groups in total. The van der Waals surface area contributed by atoms with E-state index >= 15 is 0 Å². The number of carbonyl (C=O) groups is 1. The summed E-state index contributed by atoms with van der Waals surface area (Å²) < 4.78 is 17.8. The number of H-pyrrole nitrogens is 1. The summed E-state index contributed by atoms with van der Waals surface area (Å²) in [4.78, 5) is 15.2. The molecule has 0 saturated carbocycles. The molecule has 0 bridgehead atoms. The summed E-state index contributed by atoms with van der Waals surface area (Å²) in [7, 11) is 2.08. The highest BCUT2D eigenvalue weighted by molar-refractivity contribution is 5.96. The number of ether oxygens (including phenoxy) is 3. The van der Waals surface area contributed by atoms with Crippen LogP contribution in [0.3, 0.4) is 0 Å². The summed E-state index contributed by atoms with van der Waals surface area (Å²) in [6, 6.07) is 13.1. The maximum Gasteiger partial charge on any atom is 0.269 e. The molecule has 1 aromatic heterocycles. The smallest absolute Gasteiger partial charge is 0.269 e. The Labute approximate surface area is 180 Å². The number of carbonyl (C=O) groups excluding carboxylic acids is 1. The van der Waals surface area contributed by atoms with E-state index in [1.165, 1.54) is 0 Å². The van der Waals surface area contributed by atoms with E-state index in [9.17, 15) is 4.79 Å². The lowest BCUT2D eigenvalue weighted by atomic mass is 10.1. The number of aromatic amines is 1. The summed E-state index contributed by atoms with van der Waals surface area (Å²) >= 11 is 0. The van der Waals surface area contributed by atoms with Gasteiger partial charge in [-0.05, 0) is 43.3 Å². The third kappa shape index (κ3) is 4.20. The molecule has 1 fully saturated rings. The Kier molecular flexibility index (Phi) is 5.21. The molecule has 160 valence electrons. The van der Waals surface area contributed by atoms with Crippen LogP contribution in [0.15, 0.2) is 54.9 Å². The average molecular weight is 420 g/mol. The van der Waals surface area contributed by atoms with Crippen molar-refractivity contribution < 1.29 is 19.0 Å². The van der Waals surface area contributed by atoms with Crippen LogP contribution in [0.4, 0.5) is 5.69 Å². The van der Waals surface area contributed by atoms with Gasteiger partial charge in [0, 0.05) is 24.8 Å². The monoisotopic (exact) mass is 420 g/mol. The SMILES string of the molecule is CN1CC[C@@H](Oc2cc(-c3cn[nH]c3)ccc2NC(=O)[C@@H]2COc3ccccc3O2)C1. The van der Waals surface area contributed by atoms with Gasteiger partial charge in [0.25, 0.3) is 5.91 Å². The number of nitrogens with zero attached hydrogens (tertiary/aromatic N) is 2. The van der Waals surface area contributed by atoms with Gasteiger partial charge < -0.3 is 24.4 Å². The van der Waals surface area contributed by atoms with Gasteiger partial charge in [-0.3, -0.25) is 9.89 Å². The fraction of sp³-hybridized carbons (Fsp3) is 0.304. The molecule has 0 aliphatic carbocycles. The normalized spacial score (nSPS) is 20.4. The lowest BCUT2D eigenvalue weighted by Crippen LogP contribution is -2.40. The first-order valence-electron chi connectivity index (χ1n) is 10.3. The Morgan fingerprint density at radius 1 is 1.23 bits per heavy atom. The van der Waals surface area contributed by atoms with Gasteiger partial charge in [-0.2, -0.15) is 5.10 Å². The van der Waals surface area contributed by atoms with Gasteiger partial charge in [0.1, 0.15) is 18.5 Å². The minimum atomic E-state index is -0.742. The summed E-state index contributed by atoms with van der Waals surface area (Å²) in [5.41, 5.74) is 2.51. The molecule has 3 aromatic rings. The van der Waals surface area contributed by atoms with Crippen molar-refractivity contribution in [1.29, 1.82) is 0 Å². The highest BCUT2D eigenvalue weighted by atomic mass is 16.6. The number of nitrogens with one attached hydrogen (secondary N) is 2. The van der Waals surface area contributed by atoms with Crippen LogP contribution in [0.2, 0.25) is 0 Å². The van der Waals surface area contributed by atoms with E-state index in [0.29, 0.717) is 22.9 Å². The fourth-order valence-corrected chi connectivity index (χ4v) is 3.84. The van der Waals surface area contributed by atoms with E-state index in [1.54, 1.807) is 12.3 Å². The number of likely N-dealkylation sites (N-methyl/N-ethyl adjacent to an activating group) is 1. The van der Waals surface area contributed by atoms with Crippen LogP contribution in [0, 0.1) is 0 Å². The summed E-state index contributed by atoms with van der Waals surface area (Å²) in [5.74, 6) is 1.56. The number of amides is 1. The average Bonchev–Trinajstić information content (AvgIpc) is 3.46. The van der Waals surface area contributed by atoms with Crippen molar-refractivity contribution in [2.24, 2.45) is 0 Å². The molecule has 31 heavy (non-hydrogen) atoms. The number of benzene rings is 2. The Morgan fingerprint density at radius 2 is 2.10 bits per heavy atom. The van der Waals surface area contributed by atoms with Gasteiger partial charge in [-0.25, -0.2) is 0 Å². The van der Waals surface area contributed by atoms with Crippen molar-refractivity contribution in [3.63, 3.8) is 0 Å². The molecule has 8 heteroatoms. The molecule has 0 unspecified atom stereocenters. The number of likely N-dealkylation sites (tertiary alicyclic amines) is 1. The maximum atomic E-state index is 12.9. The molecule has 1 saturated heterocycles. The molecule has 2 aromatic carbocycles. The third-order valence-electron chi connectivity index (χ3n) is 5.51. The van der Waals surface area contributed by atoms with Crippen molar-refractivity contribution in [3.05, 3.63) is 54.9 Å². The van der Waals surface area contributed by atoms with E-state index in [1.807, 2.05) is 42.6 Å². The van der Waals surface area contributed by atoms with E-state index in [-0.39, 0.29) is 18.6 Å². The quantitative estimate of drug-likeness (QED) is 0.660. The number of hydrogen-bond donors (Lipinski definition) is 2. The van der Waals surface area contributed by atoms with E-state index < -0.39 is 6.10 Å². The van der Waals surface area contributed by atoms with Gasteiger partial charge in [-0.15, -0.1) is 0 Å². The second-order valence-corrected chi connectivity index (χ2v) is 7.84. The van der Waals surface area contributed by atoms with Gasteiger partial charge in [0.05, 0.1) is 11.9 Å². The molecule has 2 atom stereocenters. The Balaban J connectivity index is 1.36. The van der Waals surface area contributed by atoms with Gasteiger partial charge in [0.2, 0.25) is 6.10 Å². The first kappa shape index (κ1) is 19.4. The largest absolute Gasteiger partial charge is 0.487 e. The van der Waals surface area contributed by atoms with Gasteiger partial charge in [-0.1, -0.05) is 18.2 Å². The van der Waals surface area contributed by atoms with E-state index in [2.05, 4.69) is 27.5 Å². The topological polar surface area (TPSA) is 88.7 Å². The highest BCUT2D eigenvalue weighted by Gasteiger charge is 2.29. The van der Waals surface area contributed by atoms with Crippen LogP contribution in [0.5, 0.6) is 17.2 Å². The van der Waals surface area contributed by atoms with E-state index in [0.717, 1.165) is 30.6 Å². The first-order valence-corrected chi connectivity index (χ1v) is 10.3. The molecule has 1 amide bonds. The second kappa shape index (κ2) is 8.31. The second-order valence-electron chi connectivity index (χ2n) is 7.84. The van der Waals surface area contributed by atoms with Crippen molar-refractivity contribution in [2.75, 3.05) is 32.1 Å². The molecule has 0 radical (unpaired) electrons.